The number of nitrogens with one attached hydrogen (secondary N) is 1. The summed E-state index contributed by atoms with van der Waals surface area (Å²) >= 11 is 6.30. The number of nitrogens with zero attached hydrogens (tertiary/aromatic N) is 1. The lowest BCUT2D eigenvalue weighted by Gasteiger charge is -2.29. The number of benzene rings is 3. The zero-order chi connectivity index (χ0) is 27.0. The highest BCUT2D eigenvalue weighted by atomic mass is 35.5. The van der Waals surface area contributed by atoms with E-state index in [4.69, 9.17) is 11.6 Å². The summed E-state index contributed by atoms with van der Waals surface area (Å²) < 4.78 is 40.6. The van der Waals surface area contributed by atoms with Gasteiger partial charge in [0.15, 0.2) is 0 Å². The molecule has 4 rings (SSSR count). The van der Waals surface area contributed by atoms with E-state index in [1.807, 2.05) is 36.4 Å². The predicted molar refractivity (Wildman–Crippen MR) is 146 cm³/mol. The molecule has 3 nitrogen and oxygen atoms in total. The zero-order valence-corrected chi connectivity index (χ0v) is 22.1. The molecular formula is C31H34ClF3N2O. The van der Waals surface area contributed by atoms with Crippen molar-refractivity contribution in [3.05, 3.63) is 106 Å². The Hall–Kier alpha value is -2.67. The molecule has 202 valence electrons. The summed E-state index contributed by atoms with van der Waals surface area (Å²) in [4.78, 5) is 13.3. The van der Waals surface area contributed by atoms with Gasteiger partial charge in [-0.1, -0.05) is 90.8 Å². The SMILES string of the molecule is O=CC1CC(CCCCN(Cc2cccc(C(F)(F)F)c2Cl)CC(c2ccccc2)c2ccccc2)CN1. The van der Waals surface area contributed by atoms with Gasteiger partial charge in [0.05, 0.1) is 16.6 Å². The first kappa shape index (κ1) is 28.3. The molecule has 1 aliphatic heterocycles. The minimum atomic E-state index is -4.50. The number of unbranched alkanes of at least 4 members (excludes halogenated alkanes) is 1. The number of rotatable bonds is 12. The number of alkyl halides is 3. The second-order valence-electron chi connectivity index (χ2n) is 10.1. The Morgan fingerprint density at radius 2 is 1.61 bits per heavy atom. The summed E-state index contributed by atoms with van der Waals surface area (Å²) in [5, 5.41) is 3.02. The Kier molecular flexibility index (Phi) is 10.0. The molecule has 1 fully saturated rings. The van der Waals surface area contributed by atoms with Crippen molar-refractivity contribution in [3.63, 3.8) is 0 Å². The molecule has 7 heteroatoms. The van der Waals surface area contributed by atoms with Crippen LogP contribution in [0.5, 0.6) is 0 Å². The van der Waals surface area contributed by atoms with Crippen LogP contribution in [0.4, 0.5) is 13.2 Å². The summed E-state index contributed by atoms with van der Waals surface area (Å²) in [6.07, 6.45) is 0.283. The molecule has 3 aromatic rings. The van der Waals surface area contributed by atoms with E-state index >= 15 is 0 Å². The van der Waals surface area contributed by atoms with Crippen LogP contribution in [-0.4, -0.2) is 36.9 Å². The molecule has 0 bridgehead atoms. The largest absolute Gasteiger partial charge is 0.417 e. The highest BCUT2D eigenvalue weighted by molar-refractivity contribution is 6.32. The maximum absolute atomic E-state index is 13.5. The van der Waals surface area contributed by atoms with E-state index in [0.717, 1.165) is 62.3 Å². The summed E-state index contributed by atoms with van der Waals surface area (Å²) in [5.41, 5.74) is 2.01. The zero-order valence-electron chi connectivity index (χ0n) is 21.3. The molecule has 2 unspecified atom stereocenters. The fourth-order valence-electron chi connectivity index (χ4n) is 5.36. The number of carbonyl (C=O) groups excluding carboxylic acids is 1. The van der Waals surface area contributed by atoms with Gasteiger partial charge >= 0.3 is 6.18 Å². The summed E-state index contributed by atoms with van der Waals surface area (Å²) in [6.45, 7) is 2.58. The van der Waals surface area contributed by atoms with Gasteiger partial charge in [0.1, 0.15) is 6.29 Å². The summed E-state index contributed by atoms with van der Waals surface area (Å²) in [5.74, 6) is 0.548. The lowest BCUT2D eigenvalue weighted by Crippen LogP contribution is -2.30. The van der Waals surface area contributed by atoms with E-state index in [1.54, 1.807) is 6.07 Å². The van der Waals surface area contributed by atoms with Crippen LogP contribution < -0.4 is 5.32 Å². The maximum atomic E-state index is 13.5. The van der Waals surface area contributed by atoms with Crippen LogP contribution in [-0.2, 0) is 17.5 Å². The summed E-state index contributed by atoms with van der Waals surface area (Å²) in [6, 6.07) is 24.6. The van der Waals surface area contributed by atoms with Crippen LogP contribution in [0.25, 0.3) is 0 Å². The normalized spacial score (nSPS) is 17.8. The minimum absolute atomic E-state index is 0.0444. The molecule has 0 saturated carbocycles. The first-order valence-electron chi connectivity index (χ1n) is 13.2. The molecule has 0 aromatic heterocycles. The molecule has 1 aliphatic rings. The van der Waals surface area contributed by atoms with Gasteiger partial charge < -0.3 is 10.1 Å². The quantitative estimate of drug-likeness (QED) is 0.192. The fourth-order valence-corrected chi connectivity index (χ4v) is 5.66. The van der Waals surface area contributed by atoms with Crippen molar-refractivity contribution in [2.75, 3.05) is 19.6 Å². The lowest BCUT2D eigenvalue weighted by molar-refractivity contribution is -0.137. The molecule has 0 spiro atoms. The third kappa shape index (κ3) is 7.68. The van der Waals surface area contributed by atoms with Gasteiger partial charge in [-0.15, -0.1) is 0 Å². The van der Waals surface area contributed by atoms with Crippen molar-refractivity contribution < 1.29 is 18.0 Å². The van der Waals surface area contributed by atoms with Crippen LogP contribution in [0.3, 0.4) is 0 Å². The Bertz CT molecular complexity index is 1120. The van der Waals surface area contributed by atoms with Gasteiger partial charge in [-0.3, -0.25) is 4.90 Å². The average Bonchev–Trinajstić information content (AvgIpc) is 3.39. The molecular weight excluding hydrogens is 509 g/mol. The molecule has 3 aromatic carbocycles. The van der Waals surface area contributed by atoms with Gasteiger partial charge in [0.25, 0.3) is 0 Å². The van der Waals surface area contributed by atoms with Gasteiger partial charge in [0.2, 0.25) is 0 Å². The third-order valence-electron chi connectivity index (χ3n) is 7.38. The third-order valence-corrected chi connectivity index (χ3v) is 7.83. The highest BCUT2D eigenvalue weighted by Gasteiger charge is 2.34. The monoisotopic (exact) mass is 542 g/mol. The average molecular weight is 543 g/mol. The van der Waals surface area contributed by atoms with E-state index in [9.17, 15) is 18.0 Å². The molecule has 38 heavy (non-hydrogen) atoms. The number of carbonyl (C=O) groups is 1. The van der Waals surface area contributed by atoms with Gasteiger partial charge in [-0.05, 0) is 61.0 Å². The first-order chi connectivity index (χ1) is 18.3. The first-order valence-corrected chi connectivity index (χ1v) is 13.6. The Morgan fingerprint density at radius 1 is 0.947 bits per heavy atom. The molecule has 0 aliphatic carbocycles. The van der Waals surface area contributed by atoms with E-state index in [1.165, 1.54) is 6.07 Å². The highest BCUT2D eigenvalue weighted by Crippen LogP contribution is 2.37. The van der Waals surface area contributed by atoms with Gasteiger partial charge in [-0.25, -0.2) is 0 Å². The Labute approximate surface area is 228 Å². The van der Waals surface area contributed by atoms with E-state index < -0.39 is 11.7 Å². The van der Waals surface area contributed by atoms with Crippen LogP contribution in [0.1, 0.15) is 53.9 Å². The van der Waals surface area contributed by atoms with Crippen molar-refractivity contribution in [2.45, 2.75) is 50.4 Å². The molecule has 1 N–H and O–H groups in total. The second-order valence-corrected chi connectivity index (χ2v) is 10.5. The molecule has 0 amide bonds. The number of halogens is 4. The molecule has 0 radical (unpaired) electrons. The Balaban J connectivity index is 1.53. The topological polar surface area (TPSA) is 32.3 Å². The predicted octanol–water partition coefficient (Wildman–Crippen LogP) is 7.34. The van der Waals surface area contributed by atoms with Crippen LogP contribution >= 0.6 is 11.6 Å². The summed E-state index contributed by atoms with van der Waals surface area (Å²) in [7, 11) is 0. The minimum Gasteiger partial charge on any atom is -0.307 e. The van der Waals surface area contributed by atoms with Crippen LogP contribution in [0.15, 0.2) is 78.9 Å². The fraction of sp³-hybridized carbons (Fsp3) is 0.387. The van der Waals surface area contributed by atoms with Crippen molar-refractivity contribution in [3.8, 4) is 0 Å². The number of aldehydes is 1. The molecule has 1 heterocycles. The van der Waals surface area contributed by atoms with Crippen molar-refractivity contribution in [1.82, 2.24) is 10.2 Å². The van der Waals surface area contributed by atoms with Crippen LogP contribution in [0, 0.1) is 5.92 Å². The standard InChI is InChI=1S/C31H34ClF3N2O/c32-30-26(15-9-16-29(30)31(33,34)35)20-37(17-8-7-10-23-18-27(22-38)36-19-23)21-28(24-11-3-1-4-12-24)25-13-5-2-6-14-25/h1-6,9,11-16,22-23,27-28,36H,7-8,10,17-21H2. The van der Waals surface area contributed by atoms with Crippen LogP contribution in [0.2, 0.25) is 5.02 Å². The van der Waals surface area contributed by atoms with Gasteiger partial charge in [0, 0.05) is 19.0 Å². The van der Waals surface area contributed by atoms with E-state index in [-0.39, 0.29) is 17.0 Å². The molecule has 2 atom stereocenters. The number of hydrogen-bond donors (Lipinski definition) is 1. The van der Waals surface area contributed by atoms with Crippen molar-refractivity contribution in [2.24, 2.45) is 5.92 Å². The van der Waals surface area contributed by atoms with E-state index in [0.29, 0.717) is 24.6 Å². The maximum Gasteiger partial charge on any atom is 0.417 e. The van der Waals surface area contributed by atoms with Crippen molar-refractivity contribution in [1.29, 1.82) is 0 Å². The number of hydrogen-bond acceptors (Lipinski definition) is 3. The smallest absolute Gasteiger partial charge is 0.307 e. The van der Waals surface area contributed by atoms with Gasteiger partial charge in [-0.2, -0.15) is 13.2 Å². The Morgan fingerprint density at radius 3 is 2.18 bits per heavy atom. The molecule has 1 saturated heterocycles. The lowest BCUT2D eigenvalue weighted by atomic mass is 9.90. The van der Waals surface area contributed by atoms with Crippen molar-refractivity contribution >= 4 is 17.9 Å². The van der Waals surface area contributed by atoms with E-state index in [2.05, 4.69) is 34.5 Å². The second kappa shape index (κ2) is 13.4.